The van der Waals surface area contributed by atoms with Gasteiger partial charge in [-0.05, 0) is 77.1 Å². The van der Waals surface area contributed by atoms with Crippen LogP contribution in [0.1, 0.15) is 101 Å². The Bertz CT molecular complexity index is 742. The van der Waals surface area contributed by atoms with Gasteiger partial charge in [0.1, 0.15) is 5.82 Å². The van der Waals surface area contributed by atoms with Gasteiger partial charge in [-0.3, -0.25) is 0 Å². The van der Waals surface area contributed by atoms with Crippen molar-refractivity contribution in [1.29, 1.82) is 0 Å². The van der Waals surface area contributed by atoms with Gasteiger partial charge in [0.15, 0.2) is 0 Å². The average Bonchev–Trinajstić information content (AvgIpc) is 2.61. The molecule has 0 bridgehead atoms. The Balaban J connectivity index is 2.84. The molecule has 2 rings (SSSR count). The lowest BCUT2D eigenvalue weighted by molar-refractivity contribution is 0.198. The lowest BCUT2D eigenvalue weighted by Gasteiger charge is -2.27. The predicted octanol–water partition coefficient (Wildman–Crippen LogP) is 7.53. The summed E-state index contributed by atoms with van der Waals surface area (Å²) >= 11 is 0. The first-order valence-corrected chi connectivity index (χ1v) is 10.4. The van der Waals surface area contributed by atoms with Crippen molar-refractivity contribution in [3.8, 4) is 11.1 Å². The largest absolute Gasteiger partial charge is 0.389 e. The Hall–Kier alpha value is -1.67. The van der Waals surface area contributed by atoms with Crippen LogP contribution in [0.2, 0.25) is 0 Å². The Morgan fingerprint density at radius 3 is 1.96 bits per heavy atom. The van der Waals surface area contributed by atoms with Gasteiger partial charge in [-0.15, -0.1) is 0 Å². The molecule has 1 unspecified atom stereocenters. The molecular formula is C25H35FO. The van der Waals surface area contributed by atoms with Crippen LogP contribution >= 0.6 is 0 Å². The molecule has 2 aromatic rings. The van der Waals surface area contributed by atoms with E-state index in [-0.39, 0.29) is 5.82 Å². The molecule has 1 N–H and O–H groups in total. The fourth-order valence-electron chi connectivity index (χ4n) is 3.99. The number of benzene rings is 2. The third-order valence-corrected chi connectivity index (χ3v) is 5.37. The molecule has 1 nitrogen and oxygen atoms in total. The fourth-order valence-corrected chi connectivity index (χ4v) is 3.99. The van der Waals surface area contributed by atoms with Crippen molar-refractivity contribution in [2.24, 2.45) is 0 Å². The molecule has 0 aromatic heterocycles. The van der Waals surface area contributed by atoms with Crippen molar-refractivity contribution in [2.75, 3.05) is 0 Å². The first-order chi connectivity index (χ1) is 12.8. The normalized spacial score (nSPS) is 12.8. The molecule has 0 aliphatic rings. The van der Waals surface area contributed by atoms with Crippen LogP contribution in [-0.2, 0) is 6.42 Å². The highest BCUT2D eigenvalue weighted by molar-refractivity contribution is 5.75. The summed E-state index contributed by atoms with van der Waals surface area (Å²) in [5.74, 6) is 0.492. The average molecular weight is 371 g/mol. The van der Waals surface area contributed by atoms with Crippen LogP contribution in [0.15, 0.2) is 30.3 Å². The van der Waals surface area contributed by atoms with Crippen molar-refractivity contribution >= 4 is 0 Å². The molecular weight excluding hydrogens is 335 g/mol. The first kappa shape index (κ1) is 21.6. The monoisotopic (exact) mass is 370 g/mol. The Kier molecular flexibility index (Phi) is 7.61. The fraction of sp³-hybridized carbons (Fsp3) is 0.520. The van der Waals surface area contributed by atoms with Crippen LogP contribution in [0.3, 0.4) is 0 Å². The van der Waals surface area contributed by atoms with E-state index in [1.54, 1.807) is 0 Å². The summed E-state index contributed by atoms with van der Waals surface area (Å²) in [4.78, 5) is 0. The quantitative estimate of drug-likeness (QED) is 0.476. The van der Waals surface area contributed by atoms with Gasteiger partial charge in [-0.2, -0.15) is 0 Å². The molecule has 0 saturated carbocycles. The van der Waals surface area contributed by atoms with Gasteiger partial charge in [-0.25, -0.2) is 4.39 Å². The molecule has 0 aliphatic heterocycles. The number of halogens is 1. The number of unbranched alkanes of at least 4 members (excludes halogenated alkanes) is 2. The number of rotatable bonds is 8. The SMILES string of the molecule is CCCCCc1c(C(C)C)cc(C(C)C)c(C(C)O)c1-c1ccc(F)cc1. The van der Waals surface area contributed by atoms with Crippen molar-refractivity contribution in [1.82, 2.24) is 0 Å². The summed E-state index contributed by atoms with van der Waals surface area (Å²) in [5, 5.41) is 10.7. The molecule has 148 valence electrons. The minimum absolute atomic E-state index is 0.228. The molecule has 0 spiro atoms. The second-order valence-electron chi connectivity index (χ2n) is 8.27. The van der Waals surface area contributed by atoms with Gasteiger partial charge < -0.3 is 5.11 Å². The van der Waals surface area contributed by atoms with E-state index in [2.05, 4.69) is 40.7 Å². The lowest BCUT2D eigenvalue weighted by atomic mass is 9.78. The molecule has 27 heavy (non-hydrogen) atoms. The van der Waals surface area contributed by atoms with Crippen LogP contribution in [0, 0.1) is 5.82 Å². The molecule has 0 saturated heterocycles. The second kappa shape index (κ2) is 9.50. The van der Waals surface area contributed by atoms with Crippen molar-refractivity contribution in [3.05, 3.63) is 58.4 Å². The first-order valence-electron chi connectivity index (χ1n) is 10.4. The van der Waals surface area contributed by atoms with Crippen molar-refractivity contribution in [3.63, 3.8) is 0 Å². The van der Waals surface area contributed by atoms with Crippen molar-refractivity contribution < 1.29 is 9.50 Å². The molecule has 0 aliphatic carbocycles. The molecule has 2 aromatic carbocycles. The van der Waals surface area contributed by atoms with Gasteiger partial charge in [0.25, 0.3) is 0 Å². The third kappa shape index (κ3) is 4.99. The summed E-state index contributed by atoms with van der Waals surface area (Å²) in [5.41, 5.74) is 7.02. The van der Waals surface area contributed by atoms with E-state index in [0.717, 1.165) is 29.5 Å². The molecule has 0 radical (unpaired) electrons. The maximum absolute atomic E-state index is 13.6. The van der Waals surface area contributed by atoms with E-state index < -0.39 is 6.10 Å². The number of aliphatic hydroxyl groups excluding tert-OH is 1. The zero-order chi connectivity index (χ0) is 20.1. The summed E-state index contributed by atoms with van der Waals surface area (Å²) in [6.45, 7) is 12.9. The maximum atomic E-state index is 13.6. The van der Waals surface area contributed by atoms with Gasteiger partial charge in [0, 0.05) is 0 Å². The van der Waals surface area contributed by atoms with E-state index in [4.69, 9.17) is 0 Å². The summed E-state index contributed by atoms with van der Waals surface area (Å²) in [7, 11) is 0. The molecule has 0 amide bonds. The van der Waals surface area contributed by atoms with E-state index >= 15 is 0 Å². The number of hydrogen-bond donors (Lipinski definition) is 1. The smallest absolute Gasteiger partial charge is 0.123 e. The Labute approximate surface area is 164 Å². The number of aliphatic hydroxyl groups is 1. The lowest BCUT2D eigenvalue weighted by Crippen LogP contribution is -2.11. The maximum Gasteiger partial charge on any atom is 0.123 e. The summed E-state index contributed by atoms with van der Waals surface area (Å²) in [6.07, 6.45) is 3.93. The predicted molar refractivity (Wildman–Crippen MR) is 114 cm³/mol. The minimum Gasteiger partial charge on any atom is -0.389 e. The van der Waals surface area contributed by atoms with Crippen LogP contribution < -0.4 is 0 Å². The topological polar surface area (TPSA) is 20.2 Å². The highest BCUT2D eigenvalue weighted by atomic mass is 19.1. The Morgan fingerprint density at radius 1 is 0.889 bits per heavy atom. The second-order valence-corrected chi connectivity index (χ2v) is 8.27. The van der Waals surface area contributed by atoms with Crippen molar-refractivity contribution in [2.45, 2.75) is 85.2 Å². The standard InChI is InChI=1S/C25H35FO/c1-7-8-9-10-21-22(16(2)3)15-23(17(4)5)24(18(6)27)25(21)19-11-13-20(26)14-12-19/h11-18,27H,7-10H2,1-6H3. The molecule has 1 atom stereocenters. The molecule has 0 heterocycles. The van der Waals surface area contributed by atoms with Crippen LogP contribution in [0.25, 0.3) is 11.1 Å². The minimum atomic E-state index is -0.561. The van der Waals surface area contributed by atoms with E-state index in [9.17, 15) is 9.50 Å². The van der Waals surface area contributed by atoms with E-state index in [1.807, 2.05) is 19.1 Å². The highest BCUT2D eigenvalue weighted by Crippen LogP contribution is 2.41. The zero-order valence-electron chi connectivity index (χ0n) is 17.8. The third-order valence-electron chi connectivity index (χ3n) is 5.37. The summed E-state index contributed by atoms with van der Waals surface area (Å²) < 4.78 is 13.6. The molecule has 2 heteroatoms. The molecule has 0 fully saturated rings. The van der Waals surface area contributed by atoms with E-state index in [1.165, 1.54) is 41.7 Å². The van der Waals surface area contributed by atoms with Gasteiger partial charge in [-0.1, -0.05) is 65.7 Å². The van der Waals surface area contributed by atoms with Crippen LogP contribution in [-0.4, -0.2) is 5.11 Å². The van der Waals surface area contributed by atoms with Crippen LogP contribution in [0.4, 0.5) is 4.39 Å². The number of hydrogen-bond acceptors (Lipinski definition) is 1. The highest BCUT2D eigenvalue weighted by Gasteiger charge is 2.24. The zero-order valence-corrected chi connectivity index (χ0v) is 17.8. The van der Waals surface area contributed by atoms with Gasteiger partial charge >= 0.3 is 0 Å². The Morgan fingerprint density at radius 2 is 1.48 bits per heavy atom. The van der Waals surface area contributed by atoms with Gasteiger partial charge in [0.2, 0.25) is 0 Å². The van der Waals surface area contributed by atoms with Crippen LogP contribution in [0.5, 0.6) is 0 Å². The van der Waals surface area contributed by atoms with E-state index in [0.29, 0.717) is 11.8 Å². The summed E-state index contributed by atoms with van der Waals surface area (Å²) in [6, 6.07) is 9.07. The van der Waals surface area contributed by atoms with Gasteiger partial charge in [0.05, 0.1) is 6.10 Å².